The molecule has 0 fully saturated rings. The molecule has 0 radical (unpaired) electrons. The first-order chi connectivity index (χ1) is 8.17. The van der Waals surface area contributed by atoms with E-state index >= 15 is 0 Å². The van der Waals surface area contributed by atoms with Gasteiger partial charge in [0.25, 0.3) is 0 Å². The van der Waals surface area contributed by atoms with Crippen LogP contribution in [-0.4, -0.2) is 24.6 Å². The highest BCUT2D eigenvalue weighted by Crippen LogP contribution is 2.17. The molecule has 0 aliphatic heterocycles. The van der Waals surface area contributed by atoms with Gasteiger partial charge in [-0.1, -0.05) is 24.6 Å². The van der Waals surface area contributed by atoms with E-state index in [9.17, 15) is 4.39 Å². The van der Waals surface area contributed by atoms with Crippen LogP contribution in [0, 0.1) is 5.82 Å². The molecule has 0 amide bonds. The zero-order valence-electron chi connectivity index (χ0n) is 10.3. The molecule has 1 atom stereocenters. The van der Waals surface area contributed by atoms with Crippen LogP contribution in [0.1, 0.15) is 18.9 Å². The molecule has 1 N–H and O–H groups in total. The predicted octanol–water partition coefficient (Wildman–Crippen LogP) is 3.75. The fourth-order valence-electron chi connectivity index (χ4n) is 1.69. The van der Waals surface area contributed by atoms with Crippen molar-refractivity contribution >= 4 is 23.4 Å². The monoisotopic (exact) mass is 275 g/mol. The average molecular weight is 276 g/mol. The molecule has 1 nitrogen and oxygen atoms in total. The van der Waals surface area contributed by atoms with E-state index in [-0.39, 0.29) is 10.8 Å². The third kappa shape index (κ3) is 5.28. The standard InChI is InChI=1S/C13H19ClFNS/c1-3-6-16-11(9-17-2)7-10-4-5-12(14)13(15)8-10/h4-5,8,11,16H,3,6-7,9H2,1-2H3. The van der Waals surface area contributed by atoms with Gasteiger partial charge in [0, 0.05) is 11.8 Å². The highest BCUT2D eigenvalue weighted by Gasteiger charge is 2.09. The summed E-state index contributed by atoms with van der Waals surface area (Å²) in [6, 6.07) is 5.45. The number of hydrogen-bond acceptors (Lipinski definition) is 2. The smallest absolute Gasteiger partial charge is 0.142 e. The normalized spacial score (nSPS) is 12.7. The van der Waals surface area contributed by atoms with Gasteiger partial charge in [0.1, 0.15) is 5.82 Å². The summed E-state index contributed by atoms with van der Waals surface area (Å²) in [7, 11) is 0. The third-order valence-corrected chi connectivity index (χ3v) is 3.56. The van der Waals surface area contributed by atoms with Crippen molar-refractivity contribution < 1.29 is 4.39 Å². The van der Waals surface area contributed by atoms with E-state index in [0.717, 1.165) is 30.7 Å². The van der Waals surface area contributed by atoms with Crippen molar-refractivity contribution in [1.29, 1.82) is 0 Å². The molecule has 0 heterocycles. The van der Waals surface area contributed by atoms with Crippen LogP contribution in [-0.2, 0) is 6.42 Å². The number of halogens is 2. The van der Waals surface area contributed by atoms with Crippen LogP contribution in [0.2, 0.25) is 5.02 Å². The van der Waals surface area contributed by atoms with Gasteiger partial charge >= 0.3 is 0 Å². The van der Waals surface area contributed by atoms with Crippen LogP contribution in [0.4, 0.5) is 4.39 Å². The van der Waals surface area contributed by atoms with E-state index in [0.29, 0.717) is 6.04 Å². The summed E-state index contributed by atoms with van der Waals surface area (Å²) in [5.74, 6) is 0.701. The second-order valence-electron chi connectivity index (χ2n) is 4.06. The van der Waals surface area contributed by atoms with Crippen LogP contribution in [0.15, 0.2) is 18.2 Å². The molecule has 0 aromatic heterocycles. The quantitative estimate of drug-likeness (QED) is 0.813. The molecule has 0 saturated heterocycles. The summed E-state index contributed by atoms with van der Waals surface area (Å²) in [4.78, 5) is 0. The summed E-state index contributed by atoms with van der Waals surface area (Å²) in [5, 5.41) is 3.67. The summed E-state index contributed by atoms with van der Waals surface area (Å²) >= 11 is 7.47. The lowest BCUT2D eigenvalue weighted by Gasteiger charge is -2.17. The summed E-state index contributed by atoms with van der Waals surface area (Å²) in [6.07, 6.45) is 4.04. The maximum atomic E-state index is 13.3. The molecule has 0 aliphatic rings. The van der Waals surface area contributed by atoms with Gasteiger partial charge in [0.2, 0.25) is 0 Å². The van der Waals surface area contributed by atoms with Crippen LogP contribution in [0.25, 0.3) is 0 Å². The Bertz CT molecular complexity index is 346. The van der Waals surface area contributed by atoms with Gasteiger partial charge in [-0.25, -0.2) is 4.39 Å². The lowest BCUT2D eigenvalue weighted by Crippen LogP contribution is -2.34. The van der Waals surface area contributed by atoms with Crippen LogP contribution in [0.5, 0.6) is 0 Å². The Balaban J connectivity index is 2.61. The largest absolute Gasteiger partial charge is 0.313 e. The van der Waals surface area contributed by atoms with Crippen molar-refractivity contribution in [3.63, 3.8) is 0 Å². The number of nitrogens with one attached hydrogen (secondary N) is 1. The first kappa shape index (κ1) is 14.8. The fraction of sp³-hybridized carbons (Fsp3) is 0.538. The maximum Gasteiger partial charge on any atom is 0.142 e. The number of benzene rings is 1. The molecule has 1 aromatic carbocycles. The van der Waals surface area contributed by atoms with E-state index in [1.165, 1.54) is 6.07 Å². The molecule has 0 spiro atoms. The Hall–Kier alpha value is -0.250. The Morgan fingerprint density at radius 1 is 1.47 bits per heavy atom. The van der Waals surface area contributed by atoms with Crippen LogP contribution >= 0.6 is 23.4 Å². The number of thioether (sulfide) groups is 1. The molecule has 1 unspecified atom stereocenters. The zero-order valence-corrected chi connectivity index (χ0v) is 11.9. The first-order valence-electron chi connectivity index (χ1n) is 5.83. The zero-order chi connectivity index (χ0) is 12.7. The van der Waals surface area contributed by atoms with Gasteiger partial charge in [-0.15, -0.1) is 0 Å². The Kier molecular flexibility index (Phi) is 6.93. The SMILES string of the molecule is CCCNC(CSC)Cc1ccc(Cl)c(F)c1. The van der Waals surface area contributed by atoms with E-state index in [4.69, 9.17) is 11.6 Å². The van der Waals surface area contributed by atoms with E-state index < -0.39 is 0 Å². The summed E-state index contributed by atoms with van der Waals surface area (Å²) < 4.78 is 13.3. The van der Waals surface area contributed by atoms with Gasteiger partial charge in [0.05, 0.1) is 5.02 Å². The molecule has 1 rings (SSSR count). The van der Waals surface area contributed by atoms with Gasteiger partial charge in [-0.05, 0) is 43.3 Å². The van der Waals surface area contributed by atoms with E-state index in [1.807, 2.05) is 6.07 Å². The minimum absolute atomic E-state index is 0.191. The van der Waals surface area contributed by atoms with Crippen molar-refractivity contribution in [3.05, 3.63) is 34.6 Å². The maximum absolute atomic E-state index is 13.3. The molecule has 0 saturated carbocycles. The second-order valence-corrected chi connectivity index (χ2v) is 5.38. The molecule has 0 bridgehead atoms. The Labute approximate surface area is 112 Å². The van der Waals surface area contributed by atoms with Crippen LogP contribution in [0.3, 0.4) is 0 Å². The Morgan fingerprint density at radius 2 is 2.24 bits per heavy atom. The Morgan fingerprint density at radius 3 is 2.82 bits per heavy atom. The van der Waals surface area contributed by atoms with E-state index in [2.05, 4.69) is 18.5 Å². The van der Waals surface area contributed by atoms with Crippen molar-refractivity contribution in [1.82, 2.24) is 5.32 Å². The fourth-order valence-corrected chi connectivity index (χ4v) is 2.45. The minimum atomic E-state index is -0.331. The molecule has 0 aliphatic carbocycles. The average Bonchev–Trinajstić information content (AvgIpc) is 2.31. The minimum Gasteiger partial charge on any atom is -0.313 e. The van der Waals surface area contributed by atoms with Crippen molar-refractivity contribution in [2.75, 3.05) is 18.6 Å². The van der Waals surface area contributed by atoms with Gasteiger partial charge in [-0.2, -0.15) is 11.8 Å². The van der Waals surface area contributed by atoms with Gasteiger partial charge < -0.3 is 5.32 Å². The van der Waals surface area contributed by atoms with Crippen molar-refractivity contribution in [2.24, 2.45) is 0 Å². The second kappa shape index (κ2) is 7.96. The van der Waals surface area contributed by atoms with Crippen molar-refractivity contribution in [3.8, 4) is 0 Å². The highest BCUT2D eigenvalue weighted by molar-refractivity contribution is 7.98. The molecule has 17 heavy (non-hydrogen) atoms. The molecule has 96 valence electrons. The lowest BCUT2D eigenvalue weighted by molar-refractivity contribution is 0.548. The molecular weight excluding hydrogens is 257 g/mol. The predicted molar refractivity (Wildman–Crippen MR) is 75.6 cm³/mol. The van der Waals surface area contributed by atoms with Crippen molar-refractivity contribution in [2.45, 2.75) is 25.8 Å². The topological polar surface area (TPSA) is 12.0 Å². The van der Waals surface area contributed by atoms with E-state index in [1.54, 1.807) is 17.8 Å². The van der Waals surface area contributed by atoms with Gasteiger partial charge in [0.15, 0.2) is 0 Å². The first-order valence-corrected chi connectivity index (χ1v) is 7.60. The number of rotatable bonds is 7. The summed E-state index contributed by atoms with van der Waals surface area (Å²) in [6.45, 7) is 3.15. The molecular formula is C13H19ClFNS. The lowest BCUT2D eigenvalue weighted by atomic mass is 10.1. The van der Waals surface area contributed by atoms with Gasteiger partial charge in [-0.3, -0.25) is 0 Å². The summed E-state index contributed by atoms with van der Waals surface area (Å²) in [5.41, 5.74) is 0.995. The highest BCUT2D eigenvalue weighted by atomic mass is 35.5. The molecule has 1 aromatic rings. The third-order valence-electron chi connectivity index (χ3n) is 2.52. The molecule has 4 heteroatoms. The number of hydrogen-bond donors (Lipinski definition) is 1. The van der Waals surface area contributed by atoms with Crippen LogP contribution < -0.4 is 5.32 Å².